The first kappa shape index (κ1) is 13.4. The van der Waals surface area contributed by atoms with Crippen molar-refractivity contribution in [3.63, 3.8) is 0 Å². The zero-order valence-corrected chi connectivity index (χ0v) is 11.9. The van der Waals surface area contributed by atoms with Gasteiger partial charge in [0, 0.05) is 31.9 Å². The summed E-state index contributed by atoms with van der Waals surface area (Å²) in [6.45, 7) is 2.64. The van der Waals surface area contributed by atoms with E-state index in [4.69, 9.17) is 16.9 Å². The quantitative estimate of drug-likeness (QED) is 0.864. The van der Waals surface area contributed by atoms with Crippen LogP contribution in [0.5, 0.6) is 0 Å². The van der Waals surface area contributed by atoms with Gasteiger partial charge in [0.05, 0.1) is 17.3 Å². The number of hydrogen-bond donors (Lipinski definition) is 0. The van der Waals surface area contributed by atoms with Crippen molar-refractivity contribution in [1.29, 1.82) is 5.26 Å². The molecule has 0 saturated carbocycles. The van der Waals surface area contributed by atoms with Gasteiger partial charge in [0.25, 0.3) is 0 Å². The Labute approximate surface area is 117 Å². The zero-order valence-electron chi connectivity index (χ0n) is 11.2. The van der Waals surface area contributed by atoms with E-state index in [2.05, 4.69) is 16.1 Å². The number of benzene rings is 1. The summed E-state index contributed by atoms with van der Waals surface area (Å²) < 4.78 is 1.68. The lowest BCUT2D eigenvalue weighted by Gasteiger charge is -2.19. The molecule has 1 aromatic heterocycles. The smallest absolute Gasteiger partial charge is 0.131 e. The Morgan fingerprint density at radius 2 is 2.00 bits per heavy atom. The van der Waals surface area contributed by atoms with Gasteiger partial charge in [-0.1, -0.05) is 11.6 Å². The Morgan fingerprint density at radius 3 is 2.47 bits per heavy atom. The highest BCUT2D eigenvalue weighted by Crippen LogP contribution is 2.23. The number of anilines is 1. The van der Waals surface area contributed by atoms with E-state index in [9.17, 15) is 0 Å². The van der Waals surface area contributed by atoms with Crippen LogP contribution in [0.1, 0.15) is 16.8 Å². The molecule has 0 spiro atoms. The predicted molar refractivity (Wildman–Crippen MR) is 76.2 cm³/mol. The number of halogens is 1. The molecule has 0 aliphatic carbocycles. The molecule has 0 aliphatic rings. The Bertz CT molecular complexity index is 622. The number of aromatic nitrogens is 2. The molecule has 0 bridgehead atoms. The monoisotopic (exact) mass is 274 g/mol. The van der Waals surface area contributed by atoms with Crippen LogP contribution < -0.4 is 4.90 Å². The van der Waals surface area contributed by atoms with E-state index in [0.29, 0.717) is 17.3 Å². The van der Waals surface area contributed by atoms with Gasteiger partial charge in [-0.3, -0.25) is 4.68 Å². The molecular formula is C14H15ClN4. The highest BCUT2D eigenvalue weighted by atomic mass is 35.5. The van der Waals surface area contributed by atoms with Crippen LogP contribution in [-0.4, -0.2) is 16.8 Å². The molecule has 1 heterocycles. The first-order chi connectivity index (χ1) is 9.02. The summed E-state index contributed by atoms with van der Waals surface area (Å²) in [7, 11) is 3.82. The predicted octanol–water partition coefficient (Wildman–Crippen LogP) is 2.89. The van der Waals surface area contributed by atoms with Crippen molar-refractivity contribution in [3.8, 4) is 6.07 Å². The first-order valence-electron chi connectivity index (χ1n) is 5.92. The fourth-order valence-corrected chi connectivity index (χ4v) is 2.21. The summed E-state index contributed by atoms with van der Waals surface area (Å²) in [6, 6.07) is 9.59. The van der Waals surface area contributed by atoms with E-state index in [1.54, 1.807) is 4.68 Å². The average molecular weight is 275 g/mol. The molecular weight excluding hydrogens is 260 g/mol. The summed E-state index contributed by atoms with van der Waals surface area (Å²) in [4.78, 5) is 2.08. The fourth-order valence-electron chi connectivity index (χ4n) is 1.97. The van der Waals surface area contributed by atoms with Gasteiger partial charge in [-0.25, -0.2) is 0 Å². The molecule has 1 aromatic carbocycles. The minimum absolute atomic E-state index is 0.660. The van der Waals surface area contributed by atoms with Crippen LogP contribution in [0.2, 0.25) is 5.15 Å². The van der Waals surface area contributed by atoms with Crippen molar-refractivity contribution >= 4 is 17.3 Å². The number of hydrogen-bond acceptors (Lipinski definition) is 3. The van der Waals surface area contributed by atoms with Crippen molar-refractivity contribution in [1.82, 2.24) is 9.78 Å². The van der Waals surface area contributed by atoms with Gasteiger partial charge in [-0.15, -0.1) is 0 Å². The molecule has 0 atom stereocenters. The molecule has 0 fully saturated rings. The second-order valence-corrected chi connectivity index (χ2v) is 4.85. The lowest BCUT2D eigenvalue weighted by Crippen LogP contribution is -2.16. The van der Waals surface area contributed by atoms with Gasteiger partial charge in [0.15, 0.2) is 0 Å². The van der Waals surface area contributed by atoms with Crippen molar-refractivity contribution < 1.29 is 0 Å². The van der Waals surface area contributed by atoms with Gasteiger partial charge < -0.3 is 4.90 Å². The summed E-state index contributed by atoms with van der Waals surface area (Å²) in [5.41, 5.74) is 3.66. The van der Waals surface area contributed by atoms with Crippen LogP contribution in [0, 0.1) is 18.3 Å². The number of nitriles is 1. The Hall–Kier alpha value is -1.99. The largest absolute Gasteiger partial charge is 0.370 e. The van der Waals surface area contributed by atoms with E-state index >= 15 is 0 Å². The van der Waals surface area contributed by atoms with Crippen LogP contribution >= 0.6 is 11.6 Å². The number of nitrogens with zero attached hydrogens (tertiary/aromatic N) is 4. The average Bonchev–Trinajstić information content (AvgIpc) is 2.65. The van der Waals surface area contributed by atoms with Crippen molar-refractivity contribution in [2.45, 2.75) is 13.5 Å². The number of rotatable bonds is 3. The highest BCUT2D eigenvalue weighted by molar-refractivity contribution is 6.30. The van der Waals surface area contributed by atoms with Gasteiger partial charge in [-0.05, 0) is 31.2 Å². The highest BCUT2D eigenvalue weighted by Gasteiger charge is 2.13. The minimum Gasteiger partial charge on any atom is -0.370 e. The molecule has 0 saturated heterocycles. The van der Waals surface area contributed by atoms with Crippen molar-refractivity contribution in [2.24, 2.45) is 7.05 Å². The summed E-state index contributed by atoms with van der Waals surface area (Å²) >= 11 is 6.22. The molecule has 2 aromatic rings. The molecule has 0 amide bonds. The maximum absolute atomic E-state index is 8.79. The first-order valence-corrected chi connectivity index (χ1v) is 6.30. The topological polar surface area (TPSA) is 44.9 Å². The van der Waals surface area contributed by atoms with Crippen LogP contribution in [0.3, 0.4) is 0 Å². The molecule has 5 heteroatoms. The SMILES string of the molecule is Cc1nn(C)c(Cl)c1CN(C)c1ccc(C#N)cc1. The lowest BCUT2D eigenvalue weighted by molar-refractivity contribution is 0.757. The van der Waals surface area contributed by atoms with Crippen LogP contribution in [0.4, 0.5) is 5.69 Å². The number of aryl methyl sites for hydroxylation is 2. The summed E-state index contributed by atoms with van der Waals surface area (Å²) in [6.07, 6.45) is 0. The maximum atomic E-state index is 8.79. The molecule has 0 unspecified atom stereocenters. The molecule has 0 N–H and O–H groups in total. The van der Waals surface area contributed by atoms with E-state index in [-0.39, 0.29) is 0 Å². The standard InChI is InChI=1S/C14H15ClN4/c1-10-13(14(15)19(3)17-10)9-18(2)12-6-4-11(8-16)5-7-12/h4-7H,9H2,1-3H3. The van der Waals surface area contributed by atoms with Gasteiger partial charge in [-0.2, -0.15) is 10.4 Å². The van der Waals surface area contributed by atoms with Crippen molar-refractivity contribution in [3.05, 3.63) is 46.2 Å². The molecule has 2 rings (SSSR count). The molecule has 98 valence electrons. The summed E-state index contributed by atoms with van der Waals surface area (Å²) in [5.74, 6) is 0. The van der Waals surface area contributed by atoms with E-state index in [1.165, 1.54) is 0 Å². The van der Waals surface area contributed by atoms with Crippen LogP contribution in [-0.2, 0) is 13.6 Å². The van der Waals surface area contributed by atoms with E-state index in [1.807, 2.05) is 45.3 Å². The third-order valence-electron chi connectivity index (χ3n) is 3.10. The Balaban J connectivity index is 2.20. The fraction of sp³-hybridized carbons (Fsp3) is 0.286. The molecule has 19 heavy (non-hydrogen) atoms. The molecule has 0 aliphatic heterocycles. The van der Waals surface area contributed by atoms with Gasteiger partial charge in [0.2, 0.25) is 0 Å². The molecule has 4 nitrogen and oxygen atoms in total. The van der Waals surface area contributed by atoms with Gasteiger partial charge in [0.1, 0.15) is 5.15 Å². The second-order valence-electron chi connectivity index (χ2n) is 4.49. The minimum atomic E-state index is 0.660. The third kappa shape index (κ3) is 2.72. The Kier molecular flexibility index (Phi) is 3.77. The van der Waals surface area contributed by atoms with Crippen LogP contribution in [0.15, 0.2) is 24.3 Å². The second kappa shape index (κ2) is 5.33. The van der Waals surface area contributed by atoms with Crippen molar-refractivity contribution in [2.75, 3.05) is 11.9 Å². The van der Waals surface area contributed by atoms with E-state index in [0.717, 1.165) is 16.9 Å². The summed E-state index contributed by atoms with van der Waals surface area (Å²) in [5, 5.41) is 13.8. The lowest BCUT2D eigenvalue weighted by atomic mass is 10.2. The normalized spacial score (nSPS) is 10.3. The van der Waals surface area contributed by atoms with Gasteiger partial charge >= 0.3 is 0 Å². The zero-order chi connectivity index (χ0) is 14.0. The molecule has 0 radical (unpaired) electrons. The van der Waals surface area contributed by atoms with Crippen LogP contribution in [0.25, 0.3) is 0 Å². The maximum Gasteiger partial charge on any atom is 0.131 e. The Morgan fingerprint density at radius 1 is 1.37 bits per heavy atom. The third-order valence-corrected chi connectivity index (χ3v) is 3.58. The van der Waals surface area contributed by atoms with E-state index < -0.39 is 0 Å².